The Morgan fingerprint density at radius 2 is 1.93 bits per heavy atom. The zero-order chi connectivity index (χ0) is 19.6. The van der Waals surface area contributed by atoms with Crippen LogP contribution in [0.4, 0.5) is 0 Å². The largest absolute Gasteiger partial charge is 0.496 e. The molecule has 3 heterocycles. The second-order valence-electron chi connectivity index (χ2n) is 7.27. The Balaban J connectivity index is 1.43. The van der Waals surface area contributed by atoms with E-state index in [2.05, 4.69) is 32.2 Å². The number of pyridine rings is 1. The van der Waals surface area contributed by atoms with Gasteiger partial charge in [0.15, 0.2) is 0 Å². The summed E-state index contributed by atoms with van der Waals surface area (Å²) in [7, 11) is 1.71. The van der Waals surface area contributed by atoms with Crippen molar-refractivity contribution in [2.75, 3.05) is 13.7 Å². The van der Waals surface area contributed by atoms with Gasteiger partial charge in [0, 0.05) is 23.7 Å². The Morgan fingerprint density at radius 3 is 2.86 bits per heavy atom. The average Bonchev–Trinajstić information content (AvgIpc) is 3.43. The molecular weight excluding hydrogens is 364 g/mol. The number of ether oxygens (including phenoxy) is 1. The lowest BCUT2D eigenvalue weighted by atomic mass is 10.1. The summed E-state index contributed by atoms with van der Waals surface area (Å²) in [5.74, 6) is 2.03. The first-order chi connectivity index (χ1) is 14.3. The standard InChI is InChI=1S/C23H22N4O2/c1-28-20-11-5-3-8-17(20)15-27-14-6-10-19(27)22-25-26-23(29-22)21-18-9-4-2-7-16(18)12-13-24-21/h2-5,7-9,11-13,19H,6,10,14-15H2,1H3/t19-/m0/s1. The van der Waals surface area contributed by atoms with Crippen molar-refractivity contribution in [2.45, 2.75) is 25.4 Å². The summed E-state index contributed by atoms with van der Waals surface area (Å²) >= 11 is 0. The number of para-hydroxylation sites is 1. The third-order valence-corrected chi connectivity index (χ3v) is 5.53. The fourth-order valence-corrected chi connectivity index (χ4v) is 4.10. The molecular formula is C23H22N4O2. The minimum absolute atomic E-state index is 0.108. The predicted octanol–water partition coefficient (Wildman–Crippen LogP) is 4.63. The molecule has 0 bridgehead atoms. The summed E-state index contributed by atoms with van der Waals surface area (Å²) in [4.78, 5) is 6.88. The topological polar surface area (TPSA) is 64.3 Å². The van der Waals surface area contributed by atoms with Gasteiger partial charge in [0.1, 0.15) is 11.4 Å². The SMILES string of the molecule is COc1ccccc1CN1CCC[C@H]1c1nnc(-c2nccc3ccccc23)o1. The quantitative estimate of drug-likeness (QED) is 0.498. The van der Waals surface area contributed by atoms with Gasteiger partial charge >= 0.3 is 0 Å². The second kappa shape index (κ2) is 7.64. The third-order valence-electron chi connectivity index (χ3n) is 5.53. The van der Waals surface area contributed by atoms with E-state index in [4.69, 9.17) is 9.15 Å². The van der Waals surface area contributed by atoms with Gasteiger partial charge in [-0.15, -0.1) is 10.2 Å². The second-order valence-corrected chi connectivity index (χ2v) is 7.27. The van der Waals surface area contributed by atoms with E-state index in [9.17, 15) is 0 Å². The number of fused-ring (bicyclic) bond motifs is 1. The van der Waals surface area contributed by atoms with E-state index >= 15 is 0 Å². The van der Waals surface area contributed by atoms with Crippen LogP contribution < -0.4 is 4.74 Å². The van der Waals surface area contributed by atoms with E-state index in [1.807, 2.05) is 42.5 Å². The van der Waals surface area contributed by atoms with Crippen LogP contribution in [-0.4, -0.2) is 33.7 Å². The van der Waals surface area contributed by atoms with Gasteiger partial charge in [-0.1, -0.05) is 42.5 Å². The van der Waals surface area contributed by atoms with Crippen LogP contribution in [0.2, 0.25) is 0 Å². The molecule has 1 fully saturated rings. The molecule has 1 aliphatic heterocycles. The number of aromatic nitrogens is 3. The van der Waals surface area contributed by atoms with Gasteiger partial charge in [0.05, 0.1) is 13.2 Å². The van der Waals surface area contributed by atoms with Crippen molar-refractivity contribution in [1.29, 1.82) is 0 Å². The molecule has 29 heavy (non-hydrogen) atoms. The predicted molar refractivity (Wildman–Crippen MR) is 110 cm³/mol. The van der Waals surface area contributed by atoms with E-state index in [1.165, 1.54) is 0 Å². The van der Waals surface area contributed by atoms with Crippen molar-refractivity contribution in [1.82, 2.24) is 20.1 Å². The maximum absolute atomic E-state index is 6.13. The molecule has 5 rings (SSSR count). The van der Waals surface area contributed by atoms with Crippen LogP contribution in [0, 0.1) is 0 Å². The average molecular weight is 386 g/mol. The Hall–Kier alpha value is -3.25. The molecule has 1 aliphatic rings. The lowest BCUT2D eigenvalue weighted by Crippen LogP contribution is -2.23. The molecule has 1 saturated heterocycles. The van der Waals surface area contributed by atoms with Gasteiger partial charge in [-0.3, -0.25) is 9.88 Å². The Labute approximate surface area is 169 Å². The van der Waals surface area contributed by atoms with Gasteiger partial charge < -0.3 is 9.15 Å². The molecule has 2 aromatic carbocycles. The van der Waals surface area contributed by atoms with Crippen LogP contribution in [0.5, 0.6) is 5.75 Å². The number of likely N-dealkylation sites (tertiary alicyclic amines) is 1. The van der Waals surface area contributed by atoms with Crippen LogP contribution >= 0.6 is 0 Å². The van der Waals surface area contributed by atoms with Crippen molar-refractivity contribution >= 4 is 10.8 Å². The van der Waals surface area contributed by atoms with Crippen LogP contribution in [0.1, 0.15) is 30.3 Å². The molecule has 2 aromatic heterocycles. The van der Waals surface area contributed by atoms with Crippen LogP contribution in [0.15, 0.2) is 65.2 Å². The first-order valence-corrected chi connectivity index (χ1v) is 9.87. The molecule has 0 amide bonds. The van der Waals surface area contributed by atoms with E-state index in [-0.39, 0.29) is 6.04 Å². The number of hydrogen-bond acceptors (Lipinski definition) is 6. The van der Waals surface area contributed by atoms with Gasteiger partial charge in [-0.25, -0.2) is 0 Å². The first kappa shape index (κ1) is 17.8. The Bertz CT molecular complexity index is 1140. The summed E-state index contributed by atoms with van der Waals surface area (Å²) < 4.78 is 11.6. The van der Waals surface area contributed by atoms with Gasteiger partial charge in [0.2, 0.25) is 5.89 Å². The molecule has 0 saturated carbocycles. The van der Waals surface area contributed by atoms with Gasteiger partial charge in [-0.2, -0.15) is 0 Å². The van der Waals surface area contributed by atoms with Crippen molar-refractivity contribution in [3.05, 3.63) is 72.2 Å². The van der Waals surface area contributed by atoms with Gasteiger partial charge in [-0.05, 0) is 36.9 Å². The van der Waals surface area contributed by atoms with Crippen LogP contribution in [0.25, 0.3) is 22.4 Å². The fraction of sp³-hybridized carbons (Fsp3) is 0.261. The van der Waals surface area contributed by atoms with Crippen molar-refractivity contribution in [2.24, 2.45) is 0 Å². The molecule has 0 radical (unpaired) electrons. The lowest BCUT2D eigenvalue weighted by molar-refractivity contribution is 0.213. The molecule has 0 N–H and O–H groups in total. The zero-order valence-corrected chi connectivity index (χ0v) is 16.3. The molecule has 0 aliphatic carbocycles. The van der Waals surface area contributed by atoms with E-state index in [1.54, 1.807) is 13.3 Å². The van der Waals surface area contributed by atoms with Crippen molar-refractivity contribution in [3.8, 4) is 17.3 Å². The third kappa shape index (κ3) is 3.36. The highest BCUT2D eigenvalue weighted by atomic mass is 16.5. The van der Waals surface area contributed by atoms with Crippen molar-refractivity contribution < 1.29 is 9.15 Å². The Morgan fingerprint density at radius 1 is 1.07 bits per heavy atom. The number of methoxy groups -OCH3 is 1. The fourth-order valence-electron chi connectivity index (χ4n) is 4.10. The maximum atomic E-state index is 6.13. The highest BCUT2D eigenvalue weighted by Crippen LogP contribution is 2.35. The summed E-state index contributed by atoms with van der Waals surface area (Å²) in [5, 5.41) is 10.8. The van der Waals surface area contributed by atoms with E-state index in [0.29, 0.717) is 11.8 Å². The molecule has 1 atom stereocenters. The number of hydrogen-bond donors (Lipinski definition) is 0. The van der Waals surface area contributed by atoms with E-state index in [0.717, 1.165) is 53.7 Å². The van der Waals surface area contributed by atoms with Crippen molar-refractivity contribution in [3.63, 3.8) is 0 Å². The smallest absolute Gasteiger partial charge is 0.266 e. The Kier molecular flexibility index (Phi) is 4.69. The molecule has 146 valence electrons. The van der Waals surface area contributed by atoms with Crippen LogP contribution in [0.3, 0.4) is 0 Å². The minimum Gasteiger partial charge on any atom is -0.496 e. The summed E-state index contributed by atoms with van der Waals surface area (Å²) in [6.07, 6.45) is 3.88. The minimum atomic E-state index is 0.108. The molecule has 0 spiro atoms. The molecule has 0 unspecified atom stereocenters. The summed E-state index contributed by atoms with van der Waals surface area (Å²) in [5.41, 5.74) is 1.90. The van der Waals surface area contributed by atoms with Gasteiger partial charge in [0.25, 0.3) is 5.89 Å². The normalized spacial score (nSPS) is 17.1. The first-order valence-electron chi connectivity index (χ1n) is 9.87. The molecule has 4 aromatic rings. The number of benzene rings is 2. The molecule has 6 nitrogen and oxygen atoms in total. The summed E-state index contributed by atoms with van der Waals surface area (Å²) in [6, 6.07) is 18.3. The highest BCUT2D eigenvalue weighted by molar-refractivity contribution is 5.92. The maximum Gasteiger partial charge on any atom is 0.266 e. The number of rotatable bonds is 5. The summed E-state index contributed by atoms with van der Waals surface area (Å²) in [6.45, 7) is 1.78. The monoisotopic (exact) mass is 386 g/mol. The molecule has 6 heteroatoms. The highest BCUT2D eigenvalue weighted by Gasteiger charge is 2.31. The number of nitrogens with zero attached hydrogens (tertiary/aromatic N) is 4. The van der Waals surface area contributed by atoms with Crippen LogP contribution in [-0.2, 0) is 6.54 Å². The van der Waals surface area contributed by atoms with E-state index < -0.39 is 0 Å². The lowest BCUT2D eigenvalue weighted by Gasteiger charge is -2.22. The zero-order valence-electron chi connectivity index (χ0n) is 16.3.